The molecule has 5 rings (SSSR count). The number of hydrogen-bond acceptors (Lipinski definition) is 5. The number of nitrogens with zero attached hydrogens (tertiary/aromatic N) is 6. The van der Waals surface area contributed by atoms with Crippen molar-refractivity contribution >= 4 is 11.7 Å². The van der Waals surface area contributed by atoms with Crippen molar-refractivity contribution in [3.8, 4) is 17.2 Å². The second kappa shape index (κ2) is 8.79. The number of nitrogens with one attached hydrogen (secondary N) is 1. The summed E-state index contributed by atoms with van der Waals surface area (Å²) < 4.78 is 57.1. The fraction of sp³-hybridized carbons (Fsp3) is 0.320. The predicted octanol–water partition coefficient (Wildman–Crippen LogP) is 5.40. The minimum Gasteiger partial charge on any atom is -0.306 e. The van der Waals surface area contributed by atoms with Crippen molar-refractivity contribution in [1.82, 2.24) is 29.3 Å². The van der Waals surface area contributed by atoms with Gasteiger partial charge in [0.25, 0.3) is 5.91 Å². The van der Waals surface area contributed by atoms with E-state index in [9.17, 15) is 22.4 Å². The maximum absolute atomic E-state index is 14.8. The molecule has 1 unspecified atom stereocenters. The van der Waals surface area contributed by atoms with E-state index in [1.54, 1.807) is 17.8 Å². The number of amides is 1. The number of rotatable bonds is 6. The molecule has 1 atom stereocenters. The van der Waals surface area contributed by atoms with Gasteiger partial charge in [-0.1, -0.05) is 13.0 Å². The van der Waals surface area contributed by atoms with E-state index in [-0.39, 0.29) is 28.3 Å². The van der Waals surface area contributed by atoms with Crippen LogP contribution < -0.4 is 5.32 Å². The SMILES string of the molecule is Cc1cc(F)c(C(=O)Nc2cccc(-c3nncn3C(C)C(F)(F)F)n2)cc1-n1cnc(C2(C)CC2)c1. The standard InChI is InChI=1S/C25H23F4N7O/c1-14-9-17(26)16(10-19(14)35-11-20(30-12-35)24(3)7-8-24)23(37)33-21-6-4-5-18(32-21)22-34-31-13-36(22)15(2)25(27,28)29/h4-6,9-13,15H,7-8H2,1-3H3,(H,32,33,37). The third kappa shape index (κ3) is 4.70. The lowest BCUT2D eigenvalue weighted by molar-refractivity contribution is -0.162. The molecule has 1 amide bonds. The second-order valence-corrected chi connectivity index (χ2v) is 9.49. The van der Waals surface area contributed by atoms with Crippen LogP contribution in [0.1, 0.15) is 54.3 Å². The summed E-state index contributed by atoms with van der Waals surface area (Å²) in [5, 5.41) is 9.86. The molecule has 1 fully saturated rings. The number of aromatic nitrogens is 6. The van der Waals surface area contributed by atoms with E-state index >= 15 is 0 Å². The van der Waals surface area contributed by atoms with E-state index in [1.165, 1.54) is 30.3 Å². The highest BCUT2D eigenvalue weighted by atomic mass is 19.4. The molecule has 12 heteroatoms. The molecule has 3 heterocycles. The maximum Gasteiger partial charge on any atom is 0.408 e. The van der Waals surface area contributed by atoms with Crippen LogP contribution in [0.5, 0.6) is 0 Å². The zero-order valence-electron chi connectivity index (χ0n) is 20.2. The largest absolute Gasteiger partial charge is 0.408 e. The third-order valence-electron chi connectivity index (χ3n) is 6.69. The molecule has 1 aromatic carbocycles. The van der Waals surface area contributed by atoms with Crippen LogP contribution in [0.15, 0.2) is 49.2 Å². The van der Waals surface area contributed by atoms with Crippen LogP contribution in [0.2, 0.25) is 0 Å². The first-order valence-electron chi connectivity index (χ1n) is 11.6. The zero-order valence-corrected chi connectivity index (χ0v) is 20.2. The van der Waals surface area contributed by atoms with E-state index < -0.39 is 23.9 Å². The maximum atomic E-state index is 14.8. The minimum absolute atomic E-state index is 0.0183. The van der Waals surface area contributed by atoms with Gasteiger partial charge in [-0.25, -0.2) is 14.4 Å². The van der Waals surface area contributed by atoms with E-state index in [0.717, 1.165) is 36.4 Å². The molecule has 1 saturated carbocycles. The topological polar surface area (TPSA) is 90.5 Å². The highest BCUT2D eigenvalue weighted by molar-refractivity contribution is 6.04. The average Bonchev–Trinajstić information content (AvgIpc) is 3.24. The van der Waals surface area contributed by atoms with Gasteiger partial charge in [0.15, 0.2) is 5.82 Å². The van der Waals surface area contributed by atoms with E-state index in [4.69, 9.17) is 0 Å². The van der Waals surface area contributed by atoms with Gasteiger partial charge in [-0.05, 0) is 56.5 Å². The fourth-order valence-electron chi connectivity index (χ4n) is 4.00. The van der Waals surface area contributed by atoms with E-state index in [0.29, 0.717) is 11.3 Å². The Balaban J connectivity index is 1.41. The summed E-state index contributed by atoms with van der Waals surface area (Å²) in [7, 11) is 0. The first-order chi connectivity index (χ1) is 17.5. The summed E-state index contributed by atoms with van der Waals surface area (Å²) in [6, 6.07) is 5.21. The fourth-order valence-corrected chi connectivity index (χ4v) is 4.00. The van der Waals surface area contributed by atoms with Gasteiger partial charge < -0.3 is 14.5 Å². The molecule has 4 aromatic rings. The Kier molecular flexibility index (Phi) is 5.84. The number of pyridine rings is 1. The van der Waals surface area contributed by atoms with Gasteiger partial charge >= 0.3 is 6.18 Å². The smallest absolute Gasteiger partial charge is 0.306 e. The van der Waals surface area contributed by atoms with Gasteiger partial charge in [-0.15, -0.1) is 10.2 Å². The van der Waals surface area contributed by atoms with Crippen molar-refractivity contribution < 1.29 is 22.4 Å². The minimum atomic E-state index is -4.52. The summed E-state index contributed by atoms with van der Waals surface area (Å²) in [5.74, 6) is -1.58. The number of aryl methyl sites for hydroxylation is 1. The number of hydrogen-bond donors (Lipinski definition) is 1. The molecule has 0 bridgehead atoms. The first kappa shape index (κ1) is 24.6. The molecular formula is C25H23F4N7O. The normalized spacial score (nSPS) is 15.4. The summed E-state index contributed by atoms with van der Waals surface area (Å²) in [4.78, 5) is 21.7. The monoisotopic (exact) mass is 513 g/mol. The molecule has 0 spiro atoms. The first-order valence-corrected chi connectivity index (χ1v) is 11.6. The number of carbonyl (C=O) groups is 1. The van der Waals surface area contributed by atoms with Gasteiger partial charge in [0, 0.05) is 11.6 Å². The molecule has 192 valence electrons. The molecule has 1 aliphatic rings. The molecule has 1 aliphatic carbocycles. The van der Waals surface area contributed by atoms with Crippen molar-refractivity contribution in [2.75, 3.05) is 5.32 Å². The third-order valence-corrected chi connectivity index (χ3v) is 6.69. The lowest BCUT2D eigenvalue weighted by atomic mass is 10.1. The van der Waals surface area contributed by atoms with Crippen LogP contribution in [0.3, 0.4) is 0 Å². The Morgan fingerprint density at radius 1 is 1.19 bits per heavy atom. The van der Waals surface area contributed by atoms with Gasteiger partial charge in [0.2, 0.25) is 0 Å². The number of carbonyl (C=O) groups excluding carboxylic acids is 1. The summed E-state index contributed by atoms with van der Waals surface area (Å²) in [6.45, 7) is 4.84. The zero-order chi connectivity index (χ0) is 26.5. The van der Waals surface area contributed by atoms with Crippen molar-refractivity contribution in [2.45, 2.75) is 51.2 Å². The van der Waals surface area contributed by atoms with E-state index in [1.807, 2.05) is 6.20 Å². The lowest BCUT2D eigenvalue weighted by Crippen LogP contribution is -2.24. The van der Waals surface area contributed by atoms with Crippen LogP contribution in [0.25, 0.3) is 17.2 Å². The predicted molar refractivity (Wildman–Crippen MR) is 127 cm³/mol. The second-order valence-electron chi connectivity index (χ2n) is 9.49. The Labute approximate surface area is 209 Å². The van der Waals surface area contributed by atoms with Crippen molar-refractivity contribution in [2.24, 2.45) is 0 Å². The van der Waals surface area contributed by atoms with Crippen LogP contribution in [0.4, 0.5) is 23.4 Å². The van der Waals surface area contributed by atoms with Crippen molar-refractivity contribution in [1.29, 1.82) is 0 Å². The van der Waals surface area contributed by atoms with Crippen LogP contribution in [-0.4, -0.2) is 41.4 Å². The average molecular weight is 513 g/mol. The number of alkyl halides is 3. The summed E-state index contributed by atoms with van der Waals surface area (Å²) >= 11 is 0. The van der Waals surface area contributed by atoms with Crippen LogP contribution in [-0.2, 0) is 5.41 Å². The van der Waals surface area contributed by atoms with Crippen molar-refractivity contribution in [3.05, 3.63) is 71.8 Å². The molecule has 0 aliphatic heterocycles. The Bertz CT molecular complexity index is 1490. The number of halogens is 4. The molecule has 0 radical (unpaired) electrons. The lowest BCUT2D eigenvalue weighted by Gasteiger charge is -2.18. The number of benzene rings is 1. The number of imidazole rings is 1. The van der Waals surface area contributed by atoms with Crippen LogP contribution >= 0.6 is 0 Å². The molecule has 37 heavy (non-hydrogen) atoms. The van der Waals surface area contributed by atoms with Gasteiger partial charge in [0.1, 0.15) is 29.7 Å². The quantitative estimate of drug-likeness (QED) is 0.349. The highest BCUT2D eigenvalue weighted by Crippen LogP contribution is 2.46. The highest BCUT2D eigenvalue weighted by Gasteiger charge is 2.41. The number of anilines is 1. The Hall–Kier alpha value is -4.09. The molecular weight excluding hydrogens is 490 g/mol. The van der Waals surface area contributed by atoms with Gasteiger partial charge in [0.05, 0.1) is 23.3 Å². The van der Waals surface area contributed by atoms with Crippen molar-refractivity contribution in [3.63, 3.8) is 0 Å². The summed E-state index contributed by atoms with van der Waals surface area (Å²) in [6.07, 6.45) is 2.09. The molecule has 3 aromatic heterocycles. The Morgan fingerprint density at radius 2 is 1.95 bits per heavy atom. The van der Waals surface area contributed by atoms with Gasteiger partial charge in [-0.2, -0.15) is 13.2 Å². The molecule has 1 N–H and O–H groups in total. The molecule has 0 saturated heterocycles. The van der Waals surface area contributed by atoms with E-state index in [2.05, 4.69) is 32.4 Å². The Morgan fingerprint density at radius 3 is 2.65 bits per heavy atom. The van der Waals surface area contributed by atoms with Gasteiger partial charge in [-0.3, -0.25) is 4.79 Å². The van der Waals surface area contributed by atoms with Crippen LogP contribution in [0, 0.1) is 12.7 Å². The molecule has 8 nitrogen and oxygen atoms in total. The summed E-state index contributed by atoms with van der Waals surface area (Å²) in [5.41, 5.74) is 2.07.